The number of benzene rings is 1. The summed E-state index contributed by atoms with van der Waals surface area (Å²) in [5.41, 5.74) is 0.160. The number of carbonyl (C=O) groups excluding carboxylic acids is 1. The molecule has 4 nitrogen and oxygen atoms in total. The zero-order chi connectivity index (χ0) is 16.8. The molecule has 1 amide bonds. The van der Waals surface area contributed by atoms with Crippen LogP contribution in [0.15, 0.2) is 24.3 Å². The third-order valence-corrected chi connectivity index (χ3v) is 5.55. The predicted molar refractivity (Wildman–Crippen MR) is 83.4 cm³/mol. The molecule has 1 aliphatic heterocycles. The normalized spacial score (nSPS) is 29.8. The standard InChI is InChI=1S/C18H22FNO3/c1-11(2)18(17(22)23)7-8-20(10-18)16(21)15-9-14(15)12-3-5-13(19)6-4-12/h3-6,11,14-15H,7-10H2,1-2H3,(H,22,23). The highest BCUT2D eigenvalue weighted by molar-refractivity contribution is 5.85. The maximum atomic E-state index is 13.0. The van der Waals surface area contributed by atoms with Crippen LogP contribution in [-0.4, -0.2) is 35.0 Å². The number of amides is 1. The summed E-state index contributed by atoms with van der Waals surface area (Å²) >= 11 is 0. The van der Waals surface area contributed by atoms with Crippen LogP contribution in [0.25, 0.3) is 0 Å². The van der Waals surface area contributed by atoms with Crippen LogP contribution in [0.4, 0.5) is 4.39 Å². The molecule has 3 rings (SSSR count). The van der Waals surface area contributed by atoms with Gasteiger partial charge < -0.3 is 10.0 Å². The molecule has 1 saturated heterocycles. The maximum absolute atomic E-state index is 13.0. The first-order valence-corrected chi connectivity index (χ1v) is 8.13. The lowest BCUT2D eigenvalue weighted by Gasteiger charge is -2.28. The molecule has 0 aromatic heterocycles. The van der Waals surface area contributed by atoms with Crippen molar-refractivity contribution in [1.29, 1.82) is 0 Å². The van der Waals surface area contributed by atoms with Crippen LogP contribution in [-0.2, 0) is 9.59 Å². The van der Waals surface area contributed by atoms with Crippen LogP contribution in [0.3, 0.4) is 0 Å². The van der Waals surface area contributed by atoms with E-state index in [1.165, 1.54) is 12.1 Å². The summed E-state index contributed by atoms with van der Waals surface area (Å²) in [5.74, 6) is -0.999. The van der Waals surface area contributed by atoms with E-state index in [9.17, 15) is 19.1 Å². The second-order valence-electron chi connectivity index (χ2n) is 7.13. The van der Waals surface area contributed by atoms with Crippen molar-refractivity contribution in [3.05, 3.63) is 35.6 Å². The van der Waals surface area contributed by atoms with Gasteiger partial charge in [-0.05, 0) is 42.4 Å². The lowest BCUT2D eigenvalue weighted by Crippen LogP contribution is -2.41. The van der Waals surface area contributed by atoms with Gasteiger partial charge in [0.2, 0.25) is 5.91 Å². The summed E-state index contributed by atoms with van der Waals surface area (Å²) < 4.78 is 13.0. The smallest absolute Gasteiger partial charge is 0.311 e. The predicted octanol–water partition coefficient (Wildman–Crippen LogP) is 2.89. The van der Waals surface area contributed by atoms with Gasteiger partial charge in [0.1, 0.15) is 5.82 Å². The van der Waals surface area contributed by atoms with Crippen molar-refractivity contribution in [3.8, 4) is 0 Å². The average molecular weight is 319 g/mol. The molecule has 3 atom stereocenters. The molecule has 1 aromatic rings. The van der Waals surface area contributed by atoms with Gasteiger partial charge in [-0.1, -0.05) is 26.0 Å². The second kappa shape index (κ2) is 5.62. The number of carboxylic acid groups (broad SMARTS) is 1. The Hall–Kier alpha value is -1.91. The lowest BCUT2D eigenvalue weighted by molar-refractivity contribution is -0.151. The SMILES string of the molecule is CC(C)C1(C(=O)O)CCN(C(=O)C2CC2c2ccc(F)cc2)C1. The van der Waals surface area contributed by atoms with E-state index >= 15 is 0 Å². The zero-order valence-electron chi connectivity index (χ0n) is 13.5. The molecule has 1 saturated carbocycles. The van der Waals surface area contributed by atoms with Crippen molar-refractivity contribution in [1.82, 2.24) is 4.90 Å². The summed E-state index contributed by atoms with van der Waals surface area (Å²) in [6, 6.07) is 6.29. The van der Waals surface area contributed by atoms with Crippen LogP contribution >= 0.6 is 0 Å². The number of hydrogen-bond acceptors (Lipinski definition) is 2. The molecule has 1 aromatic carbocycles. The highest BCUT2D eigenvalue weighted by atomic mass is 19.1. The van der Waals surface area contributed by atoms with E-state index in [0.29, 0.717) is 19.5 Å². The van der Waals surface area contributed by atoms with Crippen LogP contribution in [0, 0.1) is 23.1 Å². The summed E-state index contributed by atoms with van der Waals surface area (Å²) in [6.45, 7) is 4.61. The minimum atomic E-state index is -0.823. The highest BCUT2D eigenvalue weighted by Gasteiger charge is 2.52. The molecule has 2 aliphatic rings. The van der Waals surface area contributed by atoms with Crippen molar-refractivity contribution >= 4 is 11.9 Å². The Kier molecular flexibility index (Phi) is 3.90. The van der Waals surface area contributed by atoms with E-state index in [2.05, 4.69) is 0 Å². The van der Waals surface area contributed by atoms with Crippen molar-refractivity contribution in [2.24, 2.45) is 17.3 Å². The fraction of sp³-hybridized carbons (Fsp3) is 0.556. The number of rotatable bonds is 4. The van der Waals surface area contributed by atoms with Gasteiger partial charge in [0.25, 0.3) is 0 Å². The van der Waals surface area contributed by atoms with Gasteiger partial charge >= 0.3 is 5.97 Å². The number of likely N-dealkylation sites (tertiary alicyclic amines) is 1. The molecule has 1 heterocycles. The summed E-state index contributed by atoms with van der Waals surface area (Å²) in [4.78, 5) is 26.0. The fourth-order valence-electron chi connectivity index (χ4n) is 3.69. The topological polar surface area (TPSA) is 57.6 Å². The van der Waals surface area contributed by atoms with Crippen LogP contribution in [0.5, 0.6) is 0 Å². The summed E-state index contributed by atoms with van der Waals surface area (Å²) in [6.07, 6.45) is 1.28. The van der Waals surface area contributed by atoms with E-state index in [4.69, 9.17) is 0 Å². The van der Waals surface area contributed by atoms with Gasteiger partial charge in [-0.25, -0.2) is 4.39 Å². The molecular weight excluding hydrogens is 297 g/mol. The Labute approximate surface area is 135 Å². The summed E-state index contributed by atoms with van der Waals surface area (Å²) in [7, 11) is 0. The first-order valence-electron chi connectivity index (χ1n) is 8.13. The largest absolute Gasteiger partial charge is 0.481 e. The highest BCUT2D eigenvalue weighted by Crippen LogP contribution is 2.50. The molecular formula is C18H22FNO3. The number of nitrogens with zero attached hydrogens (tertiary/aromatic N) is 1. The summed E-state index contributed by atoms with van der Waals surface area (Å²) in [5, 5.41) is 9.57. The maximum Gasteiger partial charge on any atom is 0.311 e. The molecule has 0 spiro atoms. The van der Waals surface area contributed by atoms with E-state index in [0.717, 1.165) is 12.0 Å². The molecule has 5 heteroatoms. The molecule has 0 radical (unpaired) electrons. The van der Waals surface area contributed by atoms with Gasteiger partial charge in [0, 0.05) is 19.0 Å². The first kappa shape index (κ1) is 16.0. The molecule has 23 heavy (non-hydrogen) atoms. The van der Waals surface area contributed by atoms with Crippen molar-refractivity contribution in [3.63, 3.8) is 0 Å². The Bertz CT molecular complexity index is 628. The van der Waals surface area contributed by atoms with E-state index in [-0.39, 0.29) is 29.5 Å². The van der Waals surface area contributed by atoms with Gasteiger partial charge in [-0.15, -0.1) is 0 Å². The minimum absolute atomic E-state index is 0.00935. The third-order valence-electron chi connectivity index (χ3n) is 5.55. The zero-order valence-corrected chi connectivity index (χ0v) is 13.5. The molecule has 0 bridgehead atoms. The molecule has 3 unspecified atom stereocenters. The Balaban J connectivity index is 1.67. The number of hydrogen-bond donors (Lipinski definition) is 1. The first-order chi connectivity index (χ1) is 10.8. The minimum Gasteiger partial charge on any atom is -0.481 e. The van der Waals surface area contributed by atoms with Gasteiger partial charge in [0.15, 0.2) is 0 Å². The van der Waals surface area contributed by atoms with Crippen LogP contribution in [0.1, 0.15) is 38.2 Å². The fourth-order valence-corrected chi connectivity index (χ4v) is 3.69. The van der Waals surface area contributed by atoms with Gasteiger partial charge in [0.05, 0.1) is 5.41 Å². The van der Waals surface area contributed by atoms with E-state index in [1.807, 2.05) is 13.8 Å². The Morgan fingerprint density at radius 2 is 1.96 bits per heavy atom. The van der Waals surface area contributed by atoms with Gasteiger partial charge in [-0.3, -0.25) is 9.59 Å². The molecule has 1 aliphatic carbocycles. The Morgan fingerprint density at radius 3 is 2.48 bits per heavy atom. The molecule has 124 valence electrons. The van der Waals surface area contributed by atoms with E-state index < -0.39 is 11.4 Å². The molecule has 2 fully saturated rings. The second-order valence-corrected chi connectivity index (χ2v) is 7.13. The van der Waals surface area contributed by atoms with Gasteiger partial charge in [-0.2, -0.15) is 0 Å². The number of halogens is 1. The molecule has 1 N–H and O–H groups in total. The number of carbonyl (C=O) groups is 2. The Morgan fingerprint density at radius 1 is 1.30 bits per heavy atom. The van der Waals surface area contributed by atoms with E-state index in [1.54, 1.807) is 17.0 Å². The average Bonchev–Trinajstić information content (AvgIpc) is 3.16. The van der Waals surface area contributed by atoms with Crippen LogP contribution < -0.4 is 0 Å². The van der Waals surface area contributed by atoms with Crippen molar-refractivity contribution < 1.29 is 19.1 Å². The number of aliphatic carboxylic acids is 1. The van der Waals surface area contributed by atoms with Crippen LogP contribution in [0.2, 0.25) is 0 Å². The monoisotopic (exact) mass is 319 g/mol. The van der Waals surface area contributed by atoms with Crippen molar-refractivity contribution in [2.75, 3.05) is 13.1 Å². The lowest BCUT2D eigenvalue weighted by atomic mass is 9.76. The van der Waals surface area contributed by atoms with Crippen molar-refractivity contribution in [2.45, 2.75) is 32.6 Å². The quantitative estimate of drug-likeness (QED) is 0.928. The third kappa shape index (κ3) is 2.73. The number of carboxylic acids is 1.